The number of carbonyl (C=O) groups excluding carboxylic acids is 1. The third-order valence-electron chi connectivity index (χ3n) is 4.59. The average molecular weight is 476 g/mol. The molecule has 0 spiro atoms. The lowest BCUT2D eigenvalue weighted by molar-refractivity contribution is 0.0949. The highest BCUT2D eigenvalue weighted by atomic mass is 79.9. The quantitative estimate of drug-likeness (QED) is 0.569. The van der Waals surface area contributed by atoms with Gasteiger partial charge in [0.2, 0.25) is 0 Å². The number of benzene rings is 2. The van der Waals surface area contributed by atoms with Crippen molar-refractivity contribution in [1.29, 1.82) is 0 Å². The van der Waals surface area contributed by atoms with E-state index in [1.54, 1.807) is 30.3 Å². The fourth-order valence-corrected chi connectivity index (χ4v) is 4.47. The molecule has 0 bridgehead atoms. The van der Waals surface area contributed by atoms with Gasteiger partial charge in [0, 0.05) is 28.7 Å². The standard InChI is InChI=1S/C19H18BrN5O3S/c20-14-6-8-16(9-7-14)29(27,28)24-15-4-1-3-13(11-15)19(26)21-12-18-23-22-17-5-2-10-25(17)18/h1,3-4,6-9,11,24H,2,5,10,12H2,(H,21,26). The molecule has 1 aromatic heterocycles. The van der Waals surface area contributed by atoms with Crippen LogP contribution in [0.15, 0.2) is 57.9 Å². The van der Waals surface area contributed by atoms with Crippen molar-refractivity contribution >= 4 is 37.5 Å². The highest BCUT2D eigenvalue weighted by Crippen LogP contribution is 2.19. The Labute approximate surface area is 176 Å². The number of carbonyl (C=O) groups is 1. The fourth-order valence-electron chi connectivity index (χ4n) is 3.15. The molecule has 150 valence electrons. The summed E-state index contributed by atoms with van der Waals surface area (Å²) < 4.78 is 30.4. The molecule has 8 nitrogen and oxygen atoms in total. The number of halogens is 1. The lowest BCUT2D eigenvalue weighted by Gasteiger charge is -2.10. The normalized spacial score (nSPS) is 13.1. The summed E-state index contributed by atoms with van der Waals surface area (Å²) in [5.74, 6) is 1.35. The van der Waals surface area contributed by atoms with Crippen LogP contribution in [-0.2, 0) is 29.5 Å². The van der Waals surface area contributed by atoms with E-state index in [2.05, 4.69) is 36.2 Å². The topological polar surface area (TPSA) is 106 Å². The molecule has 4 rings (SSSR count). The van der Waals surface area contributed by atoms with Crippen molar-refractivity contribution < 1.29 is 13.2 Å². The van der Waals surface area contributed by atoms with Crippen molar-refractivity contribution in [2.75, 3.05) is 4.72 Å². The lowest BCUT2D eigenvalue weighted by Crippen LogP contribution is -2.25. The van der Waals surface area contributed by atoms with E-state index in [4.69, 9.17) is 0 Å². The Balaban J connectivity index is 1.45. The Morgan fingerprint density at radius 1 is 1.14 bits per heavy atom. The first-order valence-corrected chi connectivity index (χ1v) is 11.3. The van der Waals surface area contributed by atoms with Crippen LogP contribution in [0, 0.1) is 0 Å². The Hall–Kier alpha value is -2.72. The van der Waals surface area contributed by atoms with E-state index < -0.39 is 10.0 Å². The minimum Gasteiger partial charge on any atom is -0.345 e. The van der Waals surface area contributed by atoms with Crippen LogP contribution in [0.2, 0.25) is 0 Å². The molecule has 2 heterocycles. The largest absolute Gasteiger partial charge is 0.345 e. The van der Waals surface area contributed by atoms with Gasteiger partial charge in [0.25, 0.3) is 15.9 Å². The van der Waals surface area contributed by atoms with Gasteiger partial charge in [-0.1, -0.05) is 22.0 Å². The van der Waals surface area contributed by atoms with Crippen molar-refractivity contribution in [2.45, 2.75) is 30.8 Å². The minimum absolute atomic E-state index is 0.135. The van der Waals surface area contributed by atoms with E-state index >= 15 is 0 Å². The van der Waals surface area contributed by atoms with Gasteiger partial charge in [-0.15, -0.1) is 10.2 Å². The summed E-state index contributed by atoms with van der Waals surface area (Å²) in [7, 11) is -3.75. The van der Waals surface area contributed by atoms with Crippen molar-refractivity contribution in [1.82, 2.24) is 20.1 Å². The number of amides is 1. The number of hydrogen-bond donors (Lipinski definition) is 2. The van der Waals surface area contributed by atoms with Crippen LogP contribution in [0.25, 0.3) is 0 Å². The second-order valence-corrected chi connectivity index (χ2v) is 9.21. The fraction of sp³-hybridized carbons (Fsp3) is 0.211. The molecular weight excluding hydrogens is 458 g/mol. The number of sulfonamides is 1. The lowest BCUT2D eigenvalue weighted by atomic mass is 10.2. The summed E-state index contributed by atoms with van der Waals surface area (Å²) in [6.07, 6.45) is 1.94. The summed E-state index contributed by atoms with van der Waals surface area (Å²) in [6.45, 7) is 1.13. The molecule has 3 aromatic rings. The van der Waals surface area contributed by atoms with Crippen molar-refractivity contribution in [3.05, 3.63) is 70.2 Å². The van der Waals surface area contributed by atoms with Crippen LogP contribution < -0.4 is 10.0 Å². The van der Waals surface area contributed by atoms with Crippen LogP contribution in [0.5, 0.6) is 0 Å². The molecule has 0 saturated carbocycles. The first-order valence-electron chi connectivity index (χ1n) is 9.00. The molecule has 1 amide bonds. The number of nitrogens with zero attached hydrogens (tertiary/aromatic N) is 3. The van der Waals surface area contributed by atoms with Crippen LogP contribution in [0.1, 0.15) is 28.4 Å². The van der Waals surface area contributed by atoms with Gasteiger partial charge in [-0.25, -0.2) is 8.42 Å². The van der Waals surface area contributed by atoms with Gasteiger partial charge < -0.3 is 9.88 Å². The number of anilines is 1. The highest BCUT2D eigenvalue weighted by molar-refractivity contribution is 9.10. The number of rotatable bonds is 6. The zero-order valence-electron chi connectivity index (χ0n) is 15.3. The van der Waals surface area contributed by atoms with Gasteiger partial charge in [0.15, 0.2) is 5.82 Å². The molecule has 0 aliphatic carbocycles. The van der Waals surface area contributed by atoms with Crippen molar-refractivity contribution in [3.8, 4) is 0 Å². The van der Waals surface area contributed by atoms with Crippen LogP contribution in [-0.4, -0.2) is 29.1 Å². The number of aromatic nitrogens is 3. The Kier molecular flexibility index (Phi) is 5.37. The molecule has 10 heteroatoms. The number of hydrogen-bond acceptors (Lipinski definition) is 5. The zero-order valence-corrected chi connectivity index (χ0v) is 17.7. The number of fused-ring (bicyclic) bond motifs is 1. The molecular formula is C19H18BrN5O3S. The molecule has 0 unspecified atom stereocenters. The number of aryl methyl sites for hydroxylation is 1. The average Bonchev–Trinajstić information content (AvgIpc) is 3.30. The maximum absolute atomic E-state index is 12.5. The summed E-state index contributed by atoms with van der Waals surface area (Å²) in [5.41, 5.74) is 0.658. The predicted molar refractivity (Wildman–Crippen MR) is 111 cm³/mol. The molecule has 2 aromatic carbocycles. The first kappa shape index (κ1) is 19.6. The van der Waals surface area contributed by atoms with Gasteiger partial charge in [-0.2, -0.15) is 0 Å². The van der Waals surface area contributed by atoms with E-state index in [0.29, 0.717) is 11.3 Å². The Bertz CT molecular complexity index is 1160. The smallest absolute Gasteiger partial charge is 0.261 e. The van der Waals surface area contributed by atoms with Gasteiger partial charge >= 0.3 is 0 Å². The Morgan fingerprint density at radius 2 is 1.93 bits per heavy atom. The molecule has 2 N–H and O–H groups in total. The van der Waals surface area contributed by atoms with Gasteiger partial charge in [-0.3, -0.25) is 9.52 Å². The van der Waals surface area contributed by atoms with Crippen molar-refractivity contribution in [3.63, 3.8) is 0 Å². The molecule has 0 radical (unpaired) electrons. The maximum Gasteiger partial charge on any atom is 0.261 e. The third-order valence-corrected chi connectivity index (χ3v) is 6.52. The minimum atomic E-state index is -3.75. The molecule has 0 atom stereocenters. The molecule has 29 heavy (non-hydrogen) atoms. The van der Waals surface area contributed by atoms with Crippen molar-refractivity contribution in [2.24, 2.45) is 0 Å². The molecule has 1 aliphatic heterocycles. The zero-order chi connectivity index (χ0) is 20.4. The van der Waals surface area contributed by atoms with E-state index in [1.807, 2.05) is 4.57 Å². The van der Waals surface area contributed by atoms with Gasteiger partial charge in [-0.05, 0) is 48.9 Å². The monoisotopic (exact) mass is 475 g/mol. The van der Waals surface area contributed by atoms with E-state index in [0.717, 1.165) is 35.5 Å². The van der Waals surface area contributed by atoms with Gasteiger partial charge in [0.1, 0.15) is 5.82 Å². The van der Waals surface area contributed by atoms with Gasteiger partial charge in [0.05, 0.1) is 11.4 Å². The van der Waals surface area contributed by atoms with Crippen LogP contribution in [0.3, 0.4) is 0 Å². The van der Waals surface area contributed by atoms with Crippen LogP contribution in [0.4, 0.5) is 5.69 Å². The molecule has 0 fully saturated rings. The van der Waals surface area contributed by atoms with E-state index in [9.17, 15) is 13.2 Å². The second-order valence-electron chi connectivity index (χ2n) is 6.61. The molecule has 0 saturated heterocycles. The van der Waals surface area contributed by atoms with E-state index in [1.165, 1.54) is 18.2 Å². The summed E-state index contributed by atoms with van der Waals surface area (Å²) >= 11 is 3.28. The second kappa shape index (κ2) is 7.96. The maximum atomic E-state index is 12.5. The predicted octanol–water partition coefficient (Wildman–Crippen LogP) is 2.72. The summed E-state index contributed by atoms with van der Waals surface area (Å²) in [4.78, 5) is 12.6. The SMILES string of the molecule is O=C(NCc1nnc2n1CCC2)c1cccc(NS(=O)(=O)c2ccc(Br)cc2)c1. The third kappa shape index (κ3) is 4.33. The van der Waals surface area contributed by atoms with E-state index in [-0.39, 0.29) is 17.3 Å². The van der Waals surface area contributed by atoms with Crippen LogP contribution >= 0.6 is 15.9 Å². The first-order chi connectivity index (χ1) is 13.9. The Morgan fingerprint density at radius 3 is 2.72 bits per heavy atom. The molecule has 1 aliphatic rings. The summed E-state index contributed by atoms with van der Waals surface area (Å²) in [6, 6.07) is 12.7. The number of nitrogens with one attached hydrogen (secondary N) is 2. The highest BCUT2D eigenvalue weighted by Gasteiger charge is 2.18. The summed E-state index contributed by atoms with van der Waals surface area (Å²) in [5, 5.41) is 11.0.